The minimum absolute atomic E-state index is 0.169. The zero-order valence-corrected chi connectivity index (χ0v) is 24.9. The number of fused-ring (bicyclic) bond motifs is 1. The molecule has 43 heavy (non-hydrogen) atoms. The highest BCUT2D eigenvalue weighted by Gasteiger charge is 2.28. The maximum absolute atomic E-state index is 13.9. The summed E-state index contributed by atoms with van der Waals surface area (Å²) in [6.45, 7) is 3.91. The molecule has 0 aliphatic heterocycles. The summed E-state index contributed by atoms with van der Waals surface area (Å²) in [5.41, 5.74) is 2.85. The number of allylic oxidation sites excluding steroid dienone is 3. The predicted octanol–water partition coefficient (Wildman–Crippen LogP) is 5.63. The van der Waals surface area contributed by atoms with E-state index in [-0.39, 0.29) is 24.8 Å². The number of amides is 2. The van der Waals surface area contributed by atoms with Crippen LogP contribution in [0.2, 0.25) is 0 Å². The Morgan fingerprint density at radius 2 is 1.67 bits per heavy atom. The molecule has 4 rings (SSSR count). The third-order valence-corrected chi connectivity index (χ3v) is 7.40. The number of hydrogen-bond acceptors (Lipinski definition) is 4. The molecule has 0 spiro atoms. The molecular formula is C36H42N4O3. The summed E-state index contributed by atoms with van der Waals surface area (Å²) in [6.07, 6.45) is 13.1. The maximum Gasteiger partial charge on any atom is 0.243 e. The van der Waals surface area contributed by atoms with Crippen LogP contribution in [0.4, 0.5) is 0 Å². The van der Waals surface area contributed by atoms with Gasteiger partial charge in [-0.05, 0) is 47.1 Å². The van der Waals surface area contributed by atoms with Crippen molar-refractivity contribution < 1.29 is 14.7 Å². The third-order valence-electron chi connectivity index (χ3n) is 7.40. The molecule has 224 valence electrons. The average Bonchev–Trinajstić information content (AvgIpc) is 3.53. The topological polar surface area (TPSA) is 107 Å². The second-order valence-electron chi connectivity index (χ2n) is 11.3. The molecular weight excluding hydrogens is 536 g/mol. The molecule has 0 bridgehead atoms. The smallest absolute Gasteiger partial charge is 0.243 e. The van der Waals surface area contributed by atoms with Crippen LogP contribution in [0, 0.1) is 11.8 Å². The monoisotopic (exact) mass is 578 g/mol. The number of H-pyrrole nitrogens is 1. The number of aliphatic hydroxyl groups is 1. The number of nitrogens with zero attached hydrogens (tertiary/aromatic N) is 1. The fourth-order valence-corrected chi connectivity index (χ4v) is 5.23. The van der Waals surface area contributed by atoms with Gasteiger partial charge >= 0.3 is 0 Å². The molecule has 0 fully saturated rings. The van der Waals surface area contributed by atoms with Crippen LogP contribution in [-0.4, -0.2) is 45.6 Å². The Bertz CT molecular complexity index is 1490. The van der Waals surface area contributed by atoms with E-state index in [1.807, 2.05) is 86.7 Å². The summed E-state index contributed by atoms with van der Waals surface area (Å²) in [5, 5.41) is 18.1. The van der Waals surface area contributed by atoms with Crippen LogP contribution in [0.25, 0.3) is 16.8 Å². The Kier molecular flexibility index (Phi) is 11.9. The van der Waals surface area contributed by atoms with Crippen molar-refractivity contribution in [2.45, 2.75) is 51.6 Å². The van der Waals surface area contributed by atoms with Crippen molar-refractivity contribution in [2.75, 3.05) is 6.61 Å². The van der Waals surface area contributed by atoms with Gasteiger partial charge in [-0.1, -0.05) is 111 Å². The molecule has 4 aromatic rings. The normalized spacial score (nSPS) is 13.9. The first-order valence-corrected chi connectivity index (χ1v) is 15.0. The number of rotatable bonds is 15. The lowest BCUT2D eigenvalue weighted by atomic mass is 9.91. The second kappa shape index (κ2) is 16.2. The minimum atomic E-state index is -0.839. The van der Waals surface area contributed by atoms with Crippen LogP contribution in [-0.2, 0) is 22.4 Å². The summed E-state index contributed by atoms with van der Waals surface area (Å²) in [5.74, 6) is -0.651. The van der Waals surface area contributed by atoms with Gasteiger partial charge in [0, 0.05) is 18.5 Å². The van der Waals surface area contributed by atoms with Crippen molar-refractivity contribution in [3.8, 4) is 0 Å². The van der Waals surface area contributed by atoms with Gasteiger partial charge in [-0.25, -0.2) is 4.98 Å². The Hall–Kier alpha value is -4.49. The minimum Gasteiger partial charge on any atom is -0.394 e. The first kappa shape index (κ1) is 31.4. The first-order chi connectivity index (χ1) is 20.9. The molecule has 0 saturated heterocycles. The van der Waals surface area contributed by atoms with Gasteiger partial charge in [0.1, 0.15) is 6.04 Å². The van der Waals surface area contributed by atoms with Crippen LogP contribution in [0.1, 0.15) is 43.5 Å². The van der Waals surface area contributed by atoms with E-state index < -0.39 is 18.0 Å². The maximum atomic E-state index is 13.9. The number of carbonyl (C=O) groups excluding carboxylic acids is 2. The van der Waals surface area contributed by atoms with E-state index >= 15 is 0 Å². The Labute approximate surface area is 254 Å². The molecule has 1 heterocycles. The molecule has 2 amide bonds. The highest BCUT2D eigenvalue weighted by molar-refractivity contribution is 5.90. The highest BCUT2D eigenvalue weighted by atomic mass is 16.3. The molecule has 3 aromatic carbocycles. The lowest BCUT2D eigenvalue weighted by Gasteiger charge is -2.25. The Morgan fingerprint density at radius 3 is 2.42 bits per heavy atom. The van der Waals surface area contributed by atoms with E-state index in [0.717, 1.165) is 21.9 Å². The fourth-order valence-electron chi connectivity index (χ4n) is 5.23. The van der Waals surface area contributed by atoms with Crippen molar-refractivity contribution in [3.63, 3.8) is 0 Å². The predicted molar refractivity (Wildman–Crippen MR) is 173 cm³/mol. The number of benzene rings is 3. The summed E-state index contributed by atoms with van der Waals surface area (Å²) < 4.78 is 0. The van der Waals surface area contributed by atoms with E-state index in [4.69, 9.17) is 0 Å². The lowest BCUT2D eigenvalue weighted by molar-refractivity contribution is -0.131. The molecule has 0 saturated carbocycles. The number of nitrogens with one attached hydrogen (secondary N) is 3. The number of hydrogen-bond donors (Lipinski definition) is 4. The zero-order chi connectivity index (χ0) is 30.4. The van der Waals surface area contributed by atoms with Crippen LogP contribution in [0.3, 0.4) is 0 Å². The van der Waals surface area contributed by atoms with Gasteiger partial charge in [-0.2, -0.15) is 0 Å². The summed E-state index contributed by atoms with van der Waals surface area (Å²) in [6, 6.07) is 23.1. The summed E-state index contributed by atoms with van der Waals surface area (Å²) in [7, 11) is 0. The van der Waals surface area contributed by atoms with Crippen LogP contribution in [0.15, 0.2) is 104 Å². The molecule has 0 radical (unpaired) electrons. The number of aromatic amines is 1. The molecule has 1 unspecified atom stereocenters. The summed E-state index contributed by atoms with van der Waals surface area (Å²) >= 11 is 0. The van der Waals surface area contributed by atoms with Gasteiger partial charge in [0.2, 0.25) is 11.8 Å². The number of aromatic nitrogens is 2. The van der Waals surface area contributed by atoms with Crippen LogP contribution < -0.4 is 10.6 Å². The van der Waals surface area contributed by atoms with E-state index in [1.54, 1.807) is 12.5 Å². The average molecular weight is 579 g/mol. The van der Waals surface area contributed by atoms with Gasteiger partial charge in [-0.3, -0.25) is 9.59 Å². The van der Waals surface area contributed by atoms with E-state index in [0.29, 0.717) is 30.9 Å². The highest BCUT2D eigenvalue weighted by Crippen LogP contribution is 2.23. The molecule has 0 aliphatic carbocycles. The first-order valence-electron chi connectivity index (χ1n) is 15.0. The van der Waals surface area contributed by atoms with Crippen LogP contribution >= 0.6 is 0 Å². The Balaban J connectivity index is 1.55. The zero-order valence-electron chi connectivity index (χ0n) is 24.9. The standard InChI is InChI=1S/C36H42N4O3/c1-26(2)20-32(24-41)39-36(43)34(22-31-23-37-25-38-31)40-35(42)30(16-8-4-7-14-27-12-5-3-6-13-27)21-29-18-11-17-28-15-9-10-19-33(28)29/h3-15,17-19,23,25-26,30,32,34,41H,16,20-22,24H2,1-2H3,(H,37,38)(H,39,43)(H,40,42)/b8-4+,14-7+/t30?,32-,34-/m0/s1. The number of imidazole rings is 1. The molecule has 1 aromatic heterocycles. The van der Waals surface area contributed by atoms with Gasteiger partial charge in [-0.15, -0.1) is 0 Å². The molecule has 4 N–H and O–H groups in total. The van der Waals surface area contributed by atoms with Crippen LogP contribution in [0.5, 0.6) is 0 Å². The molecule has 3 atom stereocenters. The van der Waals surface area contributed by atoms with Crippen molar-refractivity contribution in [3.05, 3.63) is 120 Å². The third kappa shape index (κ3) is 9.79. The van der Waals surface area contributed by atoms with E-state index in [2.05, 4.69) is 44.9 Å². The summed E-state index contributed by atoms with van der Waals surface area (Å²) in [4.78, 5) is 34.6. The van der Waals surface area contributed by atoms with Crippen molar-refractivity contribution in [1.29, 1.82) is 0 Å². The van der Waals surface area contributed by atoms with Crippen molar-refractivity contribution >= 4 is 28.7 Å². The number of aliphatic hydroxyl groups excluding tert-OH is 1. The molecule has 0 aliphatic rings. The SMILES string of the molecule is CC(C)C[C@@H](CO)NC(=O)[C@H](Cc1c[nH]cn1)NC(=O)C(C/C=C/C=C/c1ccccc1)Cc1cccc2ccccc12. The number of carbonyl (C=O) groups is 2. The van der Waals surface area contributed by atoms with Gasteiger partial charge in [0.15, 0.2) is 0 Å². The Morgan fingerprint density at radius 1 is 0.907 bits per heavy atom. The van der Waals surface area contributed by atoms with E-state index in [9.17, 15) is 14.7 Å². The lowest BCUT2D eigenvalue weighted by Crippen LogP contribution is -2.53. The second-order valence-corrected chi connectivity index (χ2v) is 11.3. The quantitative estimate of drug-likeness (QED) is 0.137. The van der Waals surface area contributed by atoms with E-state index in [1.165, 1.54) is 0 Å². The molecule has 7 nitrogen and oxygen atoms in total. The van der Waals surface area contributed by atoms with Gasteiger partial charge in [0.25, 0.3) is 0 Å². The largest absolute Gasteiger partial charge is 0.394 e. The van der Waals surface area contributed by atoms with Gasteiger partial charge in [0.05, 0.1) is 24.7 Å². The van der Waals surface area contributed by atoms with Crippen molar-refractivity contribution in [2.24, 2.45) is 11.8 Å². The molecule has 7 heteroatoms. The van der Waals surface area contributed by atoms with Crippen molar-refractivity contribution in [1.82, 2.24) is 20.6 Å². The fraction of sp³-hybridized carbons (Fsp3) is 0.306. The van der Waals surface area contributed by atoms with Gasteiger partial charge < -0.3 is 20.7 Å².